The van der Waals surface area contributed by atoms with Crippen molar-refractivity contribution in [2.45, 2.75) is 13.0 Å². The predicted molar refractivity (Wildman–Crippen MR) is 53.3 cm³/mol. The van der Waals surface area contributed by atoms with Gasteiger partial charge in [0.2, 0.25) is 5.76 Å². The molecule has 0 unspecified atom stereocenters. The van der Waals surface area contributed by atoms with E-state index < -0.39 is 24.0 Å². The summed E-state index contributed by atoms with van der Waals surface area (Å²) in [6, 6.07) is -1.02. The second kappa shape index (κ2) is 5.73. The maximum atomic E-state index is 11.4. The van der Waals surface area contributed by atoms with E-state index in [9.17, 15) is 14.4 Å². The van der Waals surface area contributed by atoms with Crippen LogP contribution in [-0.4, -0.2) is 37.2 Å². The lowest BCUT2D eigenvalue weighted by molar-refractivity contribution is -0.155. The first kappa shape index (κ1) is 12.8. The molecule has 0 saturated carbocycles. The topological polar surface area (TPSA) is 117 Å². The monoisotopic (exact) mass is 244 g/mol. The fourth-order valence-corrected chi connectivity index (χ4v) is 0.971. The molecule has 1 atom stereocenters. The van der Waals surface area contributed by atoms with Gasteiger partial charge in [0.15, 0.2) is 6.10 Å². The number of amides is 3. The lowest BCUT2D eigenvalue weighted by Gasteiger charge is -2.16. The molecule has 8 nitrogen and oxygen atoms in total. The number of esters is 1. The predicted octanol–water partition coefficient (Wildman–Crippen LogP) is -0.999. The molecule has 0 spiro atoms. The third-order valence-electron chi connectivity index (χ3n) is 1.75. The highest BCUT2D eigenvalue weighted by molar-refractivity contribution is 5.97. The Kier molecular flexibility index (Phi) is 4.32. The van der Waals surface area contributed by atoms with Crippen molar-refractivity contribution in [1.29, 1.82) is 0 Å². The van der Waals surface area contributed by atoms with Crippen molar-refractivity contribution in [2.75, 3.05) is 13.2 Å². The summed E-state index contributed by atoms with van der Waals surface area (Å²) >= 11 is 0. The Morgan fingerprint density at radius 1 is 1.47 bits per heavy atom. The molecule has 0 aromatic rings. The fraction of sp³-hybridized carbons (Fsp3) is 0.444. The van der Waals surface area contributed by atoms with Gasteiger partial charge < -0.3 is 19.9 Å². The van der Waals surface area contributed by atoms with Gasteiger partial charge in [0.05, 0.1) is 0 Å². The highest BCUT2D eigenvalue weighted by Crippen LogP contribution is 2.07. The van der Waals surface area contributed by atoms with Crippen LogP contribution in [0.1, 0.15) is 6.92 Å². The van der Waals surface area contributed by atoms with Crippen LogP contribution >= 0.6 is 0 Å². The summed E-state index contributed by atoms with van der Waals surface area (Å²) in [4.78, 5) is 33.0. The second-order valence-electron chi connectivity index (χ2n) is 3.10. The third kappa shape index (κ3) is 4.01. The van der Waals surface area contributed by atoms with Crippen molar-refractivity contribution >= 4 is 17.9 Å². The van der Waals surface area contributed by atoms with Gasteiger partial charge in [-0.05, 0) is 6.92 Å². The number of ether oxygens (including phenoxy) is 3. The first-order valence-electron chi connectivity index (χ1n) is 4.76. The Balaban J connectivity index is 2.47. The molecule has 3 amide bonds. The highest BCUT2D eigenvalue weighted by Gasteiger charge is 2.23. The van der Waals surface area contributed by atoms with Crippen molar-refractivity contribution < 1.29 is 28.6 Å². The Hall–Kier alpha value is -2.25. The van der Waals surface area contributed by atoms with Gasteiger partial charge >= 0.3 is 12.0 Å². The number of rotatable bonds is 3. The minimum atomic E-state index is -1.17. The fourth-order valence-electron chi connectivity index (χ4n) is 0.971. The molecule has 0 saturated heterocycles. The van der Waals surface area contributed by atoms with Crippen LogP contribution in [0.4, 0.5) is 4.79 Å². The molecule has 0 bridgehead atoms. The third-order valence-corrected chi connectivity index (χ3v) is 1.75. The van der Waals surface area contributed by atoms with E-state index in [1.807, 2.05) is 0 Å². The Bertz CT molecular complexity index is 364. The summed E-state index contributed by atoms with van der Waals surface area (Å²) < 4.78 is 14.5. The van der Waals surface area contributed by atoms with Gasteiger partial charge in [-0.15, -0.1) is 0 Å². The summed E-state index contributed by atoms with van der Waals surface area (Å²) in [5.41, 5.74) is 4.74. The van der Waals surface area contributed by atoms with Gasteiger partial charge in [-0.1, -0.05) is 0 Å². The second-order valence-corrected chi connectivity index (χ2v) is 3.10. The van der Waals surface area contributed by atoms with Crippen molar-refractivity contribution in [3.8, 4) is 0 Å². The van der Waals surface area contributed by atoms with Gasteiger partial charge in [0, 0.05) is 0 Å². The molecule has 0 radical (unpaired) electrons. The van der Waals surface area contributed by atoms with Crippen molar-refractivity contribution in [2.24, 2.45) is 5.73 Å². The summed E-state index contributed by atoms with van der Waals surface area (Å²) in [6.45, 7) is 1.86. The number of carbonyl (C=O) groups excluding carboxylic acids is 3. The van der Waals surface area contributed by atoms with Crippen LogP contribution in [0.3, 0.4) is 0 Å². The first-order valence-corrected chi connectivity index (χ1v) is 4.76. The van der Waals surface area contributed by atoms with Crippen LogP contribution in [0.5, 0.6) is 0 Å². The van der Waals surface area contributed by atoms with E-state index >= 15 is 0 Å². The minimum absolute atomic E-state index is 0.130. The van der Waals surface area contributed by atoms with Gasteiger partial charge in [-0.25, -0.2) is 9.59 Å². The molecule has 0 aliphatic carbocycles. The molecule has 1 rings (SSSR count). The van der Waals surface area contributed by atoms with Gasteiger partial charge in [0.1, 0.15) is 19.5 Å². The van der Waals surface area contributed by atoms with Crippen LogP contribution in [0, 0.1) is 0 Å². The number of primary amides is 1. The van der Waals surface area contributed by atoms with E-state index in [2.05, 4.69) is 0 Å². The Morgan fingerprint density at radius 2 is 2.18 bits per heavy atom. The largest absolute Gasteiger partial charge is 0.493 e. The zero-order chi connectivity index (χ0) is 12.8. The first-order chi connectivity index (χ1) is 8.00. The molecule has 0 aromatic heterocycles. The maximum absolute atomic E-state index is 11.4. The van der Waals surface area contributed by atoms with E-state index in [0.717, 1.165) is 6.26 Å². The SMILES string of the molecule is C[C@@H](OC(=O)C1=COCCO1)C(=O)NC(N)=O. The van der Waals surface area contributed by atoms with E-state index in [1.54, 1.807) is 5.32 Å². The molecule has 1 heterocycles. The number of imide groups is 1. The quantitative estimate of drug-likeness (QED) is 0.615. The minimum Gasteiger partial charge on any atom is -0.493 e. The van der Waals surface area contributed by atoms with E-state index in [4.69, 9.17) is 19.9 Å². The van der Waals surface area contributed by atoms with Crippen LogP contribution in [0.15, 0.2) is 12.0 Å². The molecule has 3 N–H and O–H groups in total. The molecule has 94 valence electrons. The standard InChI is InChI=1S/C9H12N2O6/c1-5(7(12)11-9(10)14)17-8(13)6-4-15-2-3-16-6/h4-5H,2-3H2,1H3,(H3,10,11,12,14)/t5-/m1/s1. The van der Waals surface area contributed by atoms with Crippen molar-refractivity contribution in [3.05, 3.63) is 12.0 Å². The maximum Gasteiger partial charge on any atom is 0.377 e. The van der Waals surface area contributed by atoms with Gasteiger partial charge in [0.25, 0.3) is 5.91 Å². The van der Waals surface area contributed by atoms with E-state index in [0.29, 0.717) is 6.61 Å². The number of nitrogens with one attached hydrogen (secondary N) is 1. The molecule has 1 aliphatic rings. The smallest absolute Gasteiger partial charge is 0.377 e. The molecule has 17 heavy (non-hydrogen) atoms. The number of urea groups is 1. The van der Waals surface area contributed by atoms with Gasteiger partial charge in [-0.2, -0.15) is 0 Å². The van der Waals surface area contributed by atoms with Crippen LogP contribution in [-0.2, 0) is 23.8 Å². The molecule has 0 aromatic carbocycles. The lowest BCUT2D eigenvalue weighted by atomic mass is 10.4. The zero-order valence-electron chi connectivity index (χ0n) is 9.10. The molecular formula is C9H12N2O6. The van der Waals surface area contributed by atoms with Crippen molar-refractivity contribution in [1.82, 2.24) is 5.32 Å². The molecule has 0 fully saturated rings. The van der Waals surface area contributed by atoms with Crippen LogP contribution < -0.4 is 11.1 Å². The lowest BCUT2D eigenvalue weighted by Crippen LogP contribution is -2.42. The Labute approximate surface area is 96.7 Å². The summed E-state index contributed by atoms with van der Waals surface area (Å²) in [5, 5.41) is 1.78. The molecule has 8 heteroatoms. The van der Waals surface area contributed by atoms with Gasteiger partial charge in [-0.3, -0.25) is 10.1 Å². The average Bonchev–Trinajstić information content (AvgIpc) is 2.29. The zero-order valence-corrected chi connectivity index (χ0v) is 9.10. The number of nitrogens with two attached hydrogens (primary N) is 1. The number of carbonyl (C=O) groups is 3. The van der Waals surface area contributed by atoms with Crippen LogP contribution in [0.25, 0.3) is 0 Å². The average molecular weight is 244 g/mol. The normalized spacial score (nSPS) is 15.7. The van der Waals surface area contributed by atoms with Crippen molar-refractivity contribution in [3.63, 3.8) is 0 Å². The number of hydrogen-bond donors (Lipinski definition) is 2. The highest BCUT2D eigenvalue weighted by atomic mass is 16.6. The summed E-state index contributed by atoms with van der Waals surface area (Å²) in [6.07, 6.45) is -0.0636. The summed E-state index contributed by atoms with van der Waals surface area (Å²) in [5.74, 6) is -1.80. The Morgan fingerprint density at radius 3 is 2.71 bits per heavy atom. The molecular weight excluding hydrogens is 232 g/mol. The van der Waals surface area contributed by atoms with E-state index in [-0.39, 0.29) is 12.4 Å². The van der Waals surface area contributed by atoms with E-state index in [1.165, 1.54) is 6.92 Å². The molecule has 1 aliphatic heterocycles. The van der Waals surface area contributed by atoms with Crippen LogP contribution in [0.2, 0.25) is 0 Å². The summed E-state index contributed by atoms with van der Waals surface area (Å²) in [7, 11) is 0. The number of hydrogen-bond acceptors (Lipinski definition) is 6.